The fraction of sp³-hybridized carbons (Fsp3) is 0.360. The molecule has 1 fully saturated rings. The van der Waals surface area contributed by atoms with Crippen molar-refractivity contribution >= 4 is 22.6 Å². The third-order valence-electron chi connectivity index (χ3n) is 6.33. The summed E-state index contributed by atoms with van der Waals surface area (Å²) in [4.78, 5) is 39.0. The molecule has 1 heterocycles. The van der Waals surface area contributed by atoms with Gasteiger partial charge in [0.05, 0.1) is 10.8 Å². The van der Waals surface area contributed by atoms with Crippen molar-refractivity contribution in [3.05, 3.63) is 76.0 Å². The number of halogens is 1. The number of nitrogens with one attached hydrogen (secondary N) is 2. The second kappa shape index (κ2) is 9.52. The molecule has 1 aliphatic carbocycles. The molecule has 3 aromatic rings. The molecule has 7 nitrogen and oxygen atoms in total. The highest BCUT2D eigenvalue weighted by molar-refractivity contribution is 6.05. The number of nitrogens with zero attached hydrogens (tertiary/aromatic N) is 2. The molecule has 2 N–H and O–H groups in total. The molecular weight excluding hydrogens is 423 g/mol. The quantitative estimate of drug-likeness (QED) is 0.581. The zero-order valence-electron chi connectivity index (χ0n) is 18.6. The Morgan fingerprint density at radius 2 is 1.76 bits per heavy atom. The van der Waals surface area contributed by atoms with Crippen LogP contribution in [-0.2, 0) is 16.8 Å². The van der Waals surface area contributed by atoms with E-state index in [1.807, 2.05) is 6.92 Å². The van der Waals surface area contributed by atoms with Crippen LogP contribution >= 0.6 is 0 Å². The normalized spacial score (nSPS) is 15.2. The molecule has 172 valence electrons. The van der Waals surface area contributed by atoms with Gasteiger partial charge in [0.1, 0.15) is 5.82 Å². The van der Waals surface area contributed by atoms with E-state index in [2.05, 4.69) is 16.0 Å². The van der Waals surface area contributed by atoms with Crippen molar-refractivity contribution in [2.75, 3.05) is 0 Å². The van der Waals surface area contributed by atoms with Crippen LogP contribution in [0.2, 0.25) is 0 Å². The monoisotopic (exact) mass is 450 g/mol. The molecule has 0 spiro atoms. The lowest BCUT2D eigenvalue weighted by Crippen LogP contribution is -2.52. The molecule has 8 heteroatoms. The van der Waals surface area contributed by atoms with Crippen LogP contribution < -0.4 is 16.4 Å². The summed E-state index contributed by atoms with van der Waals surface area (Å²) in [5.74, 6) is -1.40. The first-order valence-corrected chi connectivity index (χ1v) is 11.3. The van der Waals surface area contributed by atoms with E-state index in [0.29, 0.717) is 42.1 Å². The zero-order valence-corrected chi connectivity index (χ0v) is 18.6. The molecule has 0 aliphatic heterocycles. The summed E-state index contributed by atoms with van der Waals surface area (Å²) >= 11 is 0. The number of aryl methyl sites for hydroxylation is 1. The molecule has 0 saturated heterocycles. The molecule has 0 bridgehead atoms. The van der Waals surface area contributed by atoms with Crippen LogP contribution in [0.5, 0.6) is 0 Å². The predicted molar refractivity (Wildman–Crippen MR) is 123 cm³/mol. The van der Waals surface area contributed by atoms with E-state index in [4.69, 9.17) is 0 Å². The van der Waals surface area contributed by atoms with E-state index in [1.165, 1.54) is 16.8 Å². The Morgan fingerprint density at radius 1 is 1.03 bits per heavy atom. The molecule has 4 rings (SSSR count). The first-order valence-electron chi connectivity index (χ1n) is 11.3. The predicted octanol–water partition coefficient (Wildman–Crippen LogP) is 3.61. The highest BCUT2D eigenvalue weighted by Crippen LogP contribution is 2.39. The minimum Gasteiger partial charge on any atom is -0.272 e. The molecule has 2 amide bonds. The fourth-order valence-corrected chi connectivity index (χ4v) is 4.65. The Bertz CT molecular complexity index is 1250. The first kappa shape index (κ1) is 22.6. The smallest absolute Gasteiger partial charge is 0.272 e. The van der Waals surface area contributed by atoms with E-state index in [0.717, 1.165) is 19.3 Å². The zero-order chi connectivity index (χ0) is 23.4. The topological polar surface area (TPSA) is 93.1 Å². The second-order valence-corrected chi connectivity index (χ2v) is 8.48. The fourth-order valence-electron chi connectivity index (χ4n) is 4.65. The summed E-state index contributed by atoms with van der Waals surface area (Å²) in [6, 6.07) is 12.9. The Morgan fingerprint density at radius 3 is 2.45 bits per heavy atom. The molecule has 1 aromatic heterocycles. The number of carbonyl (C=O) groups is 2. The number of aromatic nitrogens is 2. The standard InChI is InChI=1S/C25H27FN4O3/c1-2-15-30-23(32)20-12-5-4-11-19(20)21(29-30)22(31)27-28-24(33)25(13-6-3-7-14-25)17-9-8-10-18(26)16-17/h4-5,8-12,16H,2-3,6-7,13-15H2,1H3,(H,27,31)(H,28,33). The van der Waals surface area contributed by atoms with Gasteiger partial charge in [0.15, 0.2) is 5.69 Å². The maximum Gasteiger partial charge on any atom is 0.290 e. The van der Waals surface area contributed by atoms with Gasteiger partial charge in [-0.05, 0) is 43.0 Å². The van der Waals surface area contributed by atoms with E-state index < -0.39 is 17.1 Å². The summed E-state index contributed by atoms with van der Waals surface area (Å²) in [5.41, 5.74) is 4.52. The van der Waals surface area contributed by atoms with Crippen molar-refractivity contribution in [3.8, 4) is 0 Å². The average molecular weight is 451 g/mol. The average Bonchev–Trinajstić information content (AvgIpc) is 2.84. The number of rotatable bonds is 5. The number of hydrazine groups is 1. The van der Waals surface area contributed by atoms with Gasteiger partial charge in [-0.25, -0.2) is 9.07 Å². The lowest BCUT2D eigenvalue weighted by Gasteiger charge is -2.36. The van der Waals surface area contributed by atoms with Crippen molar-refractivity contribution in [2.24, 2.45) is 0 Å². The Kier molecular flexibility index (Phi) is 6.53. The van der Waals surface area contributed by atoms with Crippen molar-refractivity contribution in [1.82, 2.24) is 20.6 Å². The highest BCUT2D eigenvalue weighted by atomic mass is 19.1. The minimum atomic E-state index is -0.913. The highest BCUT2D eigenvalue weighted by Gasteiger charge is 2.41. The third-order valence-corrected chi connectivity index (χ3v) is 6.33. The lowest BCUT2D eigenvalue weighted by molar-refractivity contribution is -0.128. The second-order valence-electron chi connectivity index (χ2n) is 8.48. The SMILES string of the molecule is CCCn1nc(C(=O)NNC(=O)C2(c3cccc(F)c3)CCCCC2)c2ccccc2c1=O. The number of benzene rings is 2. The summed E-state index contributed by atoms with van der Waals surface area (Å²) in [6.45, 7) is 2.29. The van der Waals surface area contributed by atoms with Crippen LogP contribution in [0.4, 0.5) is 4.39 Å². The minimum absolute atomic E-state index is 0.0578. The van der Waals surface area contributed by atoms with Crippen molar-refractivity contribution in [1.29, 1.82) is 0 Å². The van der Waals surface area contributed by atoms with Crippen LogP contribution in [0.1, 0.15) is 61.5 Å². The molecule has 0 unspecified atom stereocenters. The van der Waals surface area contributed by atoms with Crippen LogP contribution in [0.3, 0.4) is 0 Å². The first-order chi connectivity index (χ1) is 16.0. The summed E-state index contributed by atoms with van der Waals surface area (Å²) in [6.07, 6.45) is 4.50. The van der Waals surface area contributed by atoms with Gasteiger partial charge in [0.25, 0.3) is 11.5 Å². The van der Waals surface area contributed by atoms with E-state index in [-0.39, 0.29) is 17.2 Å². The Balaban J connectivity index is 1.62. The maximum atomic E-state index is 13.9. The van der Waals surface area contributed by atoms with Crippen molar-refractivity contribution < 1.29 is 14.0 Å². The summed E-state index contributed by atoms with van der Waals surface area (Å²) < 4.78 is 15.2. The van der Waals surface area contributed by atoms with Crippen LogP contribution in [0, 0.1) is 5.82 Å². The van der Waals surface area contributed by atoms with Gasteiger partial charge in [-0.15, -0.1) is 0 Å². The molecular formula is C25H27FN4O3. The molecule has 33 heavy (non-hydrogen) atoms. The summed E-state index contributed by atoms with van der Waals surface area (Å²) in [7, 11) is 0. The number of fused-ring (bicyclic) bond motifs is 1. The van der Waals surface area contributed by atoms with Gasteiger partial charge in [0, 0.05) is 11.9 Å². The van der Waals surface area contributed by atoms with Gasteiger partial charge >= 0.3 is 0 Å². The van der Waals surface area contributed by atoms with Gasteiger partial charge in [-0.2, -0.15) is 5.10 Å². The lowest BCUT2D eigenvalue weighted by atomic mass is 9.69. The van der Waals surface area contributed by atoms with Crippen LogP contribution in [-0.4, -0.2) is 21.6 Å². The third kappa shape index (κ3) is 4.37. The summed E-state index contributed by atoms with van der Waals surface area (Å²) in [5, 5.41) is 5.06. The number of hydrogen-bond donors (Lipinski definition) is 2. The molecule has 1 saturated carbocycles. The number of carbonyl (C=O) groups excluding carboxylic acids is 2. The van der Waals surface area contributed by atoms with Crippen molar-refractivity contribution in [3.63, 3.8) is 0 Å². The number of amides is 2. The number of hydrogen-bond acceptors (Lipinski definition) is 4. The molecule has 0 atom stereocenters. The van der Waals surface area contributed by atoms with Crippen LogP contribution in [0.25, 0.3) is 10.8 Å². The van der Waals surface area contributed by atoms with Gasteiger partial charge in [-0.1, -0.05) is 56.5 Å². The molecule has 0 radical (unpaired) electrons. The van der Waals surface area contributed by atoms with E-state index in [9.17, 15) is 18.8 Å². The van der Waals surface area contributed by atoms with E-state index in [1.54, 1.807) is 36.4 Å². The van der Waals surface area contributed by atoms with Gasteiger partial charge in [-0.3, -0.25) is 25.2 Å². The molecule has 2 aromatic carbocycles. The van der Waals surface area contributed by atoms with Crippen LogP contribution in [0.15, 0.2) is 53.3 Å². The largest absolute Gasteiger partial charge is 0.290 e. The van der Waals surface area contributed by atoms with E-state index >= 15 is 0 Å². The van der Waals surface area contributed by atoms with Crippen molar-refractivity contribution in [2.45, 2.75) is 57.4 Å². The van der Waals surface area contributed by atoms with Gasteiger partial charge in [0.2, 0.25) is 5.91 Å². The van der Waals surface area contributed by atoms with Gasteiger partial charge < -0.3 is 0 Å². The molecule has 1 aliphatic rings. The maximum absolute atomic E-state index is 13.9. The Labute approximate surface area is 191 Å². The Hall–Kier alpha value is -3.55.